The number of hydrogen-bond acceptors (Lipinski definition) is 7. The molecule has 0 heterocycles. The molecule has 0 spiro atoms. The Bertz CT molecular complexity index is 1410. The zero-order chi connectivity index (χ0) is 29.8. The Morgan fingerprint density at radius 2 is 1.71 bits per heavy atom. The van der Waals surface area contributed by atoms with Crippen molar-refractivity contribution in [1.29, 1.82) is 0 Å². The maximum absolute atomic E-state index is 13.6. The third kappa shape index (κ3) is 8.82. The van der Waals surface area contributed by atoms with Gasteiger partial charge in [-0.1, -0.05) is 61.9 Å². The maximum atomic E-state index is 13.6. The van der Waals surface area contributed by atoms with Gasteiger partial charge in [0.25, 0.3) is 5.91 Å². The Kier molecular flexibility index (Phi) is 12.2. The van der Waals surface area contributed by atoms with Crippen LogP contribution in [0.3, 0.4) is 0 Å². The van der Waals surface area contributed by atoms with Crippen LogP contribution in [-0.2, 0) is 31.1 Å². The highest BCUT2D eigenvalue weighted by Crippen LogP contribution is 2.30. The van der Waals surface area contributed by atoms with Gasteiger partial charge >= 0.3 is 5.97 Å². The molecule has 0 aromatic heterocycles. The molecule has 3 aromatic rings. The Hall–Kier alpha value is -3.34. The summed E-state index contributed by atoms with van der Waals surface area (Å²) in [6, 6.07) is 21.1. The van der Waals surface area contributed by atoms with Crippen LogP contribution in [0.25, 0.3) is 11.1 Å². The van der Waals surface area contributed by atoms with Crippen LogP contribution in [0.4, 0.5) is 5.69 Å². The van der Waals surface area contributed by atoms with Gasteiger partial charge < -0.3 is 5.32 Å². The fourth-order valence-electron chi connectivity index (χ4n) is 4.39. The van der Waals surface area contributed by atoms with E-state index < -0.39 is 27.9 Å². The van der Waals surface area contributed by atoms with Crippen molar-refractivity contribution in [2.75, 3.05) is 29.2 Å². The third-order valence-corrected chi connectivity index (χ3v) is 9.05. The number of para-hydroxylation sites is 1. The second-order valence-corrected chi connectivity index (χ2v) is 12.6. The van der Waals surface area contributed by atoms with E-state index in [9.17, 15) is 18.0 Å². The highest BCUT2D eigenvalue weighted by Gasteiger charge is 2.26. The zero-order valence-corrected chi connectivity index (χ0v) is 25.6. The monoisotopic (exact) mass is 598 g/mol. The molecule has 1 atom stereocenters. The number of unbranched alkanes of at least 4 members (excludes halogenated alkanes) is 1. The SMILES string of the molecule is CCCCS(=O)(=O)N(Cc1ccc(C(=O)N[C@@H](CCSC)C(=O)OOC)c(-c2ccccc2C)c1)c1ccccc1. The average Bonchev–Trinajstić information content (AvgIpc) is 2.97. The summed E-state index contributed by atoms with van der Waals surface area (Å²) >= 11 is 1.55. The standard InChI is InChI=1S/C31H38N2O6S2/c1-5-6-20-41(36,37)33(25-13-8-7-9-14-25)22-24-16-17-27(28(21-24)26-15-11-10-12-23(26)2)30(34)32-29(18-19-40-4)31(35)39-38-3/h7-17,21,29H,5-6,18-20,22H2,1-4H3,(H,32,34)/t29-/m0/s1. The van der Waals surface area contributed by atoms with Crippen molar-refractivity contribution in [1.82, 2.24) is 5.32 Å². The van der Waals surface area contributed by atoms with Gasteiger partial charge in [-0.25, -0.2) is 13.2 Å². The molecular formula is C31H38N2O6S2. The lowest BCUT2D eigenvalue weighted by Gasteiger charge is -2.25. The number of nitrogens with one attached hydrogen (secondary N) is 1. The predicted molar refractivity (Wildman–Crippen MR) is 165 cm³/mol. The first-order valence-corrected chi connectivity index (χ1v) is 16.5. The van der Waals surface area contributed by atoms with Gasteiger partial charge in [-0.05, 0) is 78.3 Å². The number of carbonyl (C=O) groups excluding carboxylic acids is 2. The maximum Gasteiger partial charge on any atom is 0.364 e. The van der Waals surface area contributed by atoms with Crippen LogP contribution in [0, 0.1) is 6.92 Å². The fourth-order valence-corrected chi connectivity index (χ4v) is 6.53. The molecule has 0 unspecified atom stereocenters. The summed E-state index contributed by atoms with van der Waals surface area (Å²) in [5.41, 5.74) is 4.09. The van der Waals surface area contributed by atoms with Gasteiger partial charge in [0.05, 0.1) is 25.1 Å². The normalized spacial score (nSPS) is 12.0. The van der Waals surface area contributed by atoms with E-state index in [1.165, 1.54) is 11.4 Å². The number of rotatable bonds is 15. The molecule has 3 aromatic carbocycles. The second-order valence-electron chi connectivity index (χ2n) is 9.58. The lowest BCUT2D eigenvalue weighted by molar-refractivity contribution is -0.256. The van der Waals surface area contributed by atoms with Crippen molar-refractivity contribution in [3.8, 4) is 11.1 Å². The van der Waals surface area contributed by atoms with Crippen molar-refractivity contribution in [2.45, 2.75) is 45.7 Å². The molecule has 0 aliphatic rings. The molecule has 1 N–H and O–H groups in total. The summed E-state index contributed by atoms with van der Waals surface area (Å²) in [5, 5.41) is 2.80. The molecule has 0 saturated carbocycles. The van der Waals surface area contributed by atoms with E-state index >= 15 is 0 Å². The Morgan fingerprint density at radius 1 is 1.00 bits per heavy atom. The van der Waals surface area contributed by atoms with Crippen LogP contribution in [0.5, 0.6) is 0 Å². The molecule has 0 fully saturated rings. The van der Waals surface area contributed by atoms with Gasteiger partial charge in [-0.3, -0.25) is 14.0 Å². The van der Waals surface area contributed by atoms with Crippen molar-refractivity contribution >= 4 is 39.3 Å². The highest BCUT2D eigenvalue weighted by molar-refractivity contribution is 7.98. The molecule has 0 radical (unpaired) electrons. The molecule has 3 rings (SSSR count). The quantitative estimate of drug-likeness (QED) is 0.175. The van der Waals surface area contributed by atoms with Crippen LogP contribution < -0.4 is 9.62 Å². The predicted octanol–water partition coefficient (Wildman–Crippen LogP) is 5.75. The van der Waals surface area contributed by atoms with E-state index in [2.05, 4.69) is 10.2 Å². The minimum absolute atomic E-state index is 0.0402. The van der Waals surface area contributed by atoms with Crippen LogP contribution in [0.1, 0.15) is 47.7 Å². The molecule has 0 aliphatic heterocycles. The van der Waals surface area contributed by atoms with Crippen LogP contribution in [-0.4, -0.2) is 51.2 Å². The van der Waals surface area contributed by atoms with Crippen LogP contribution in [0.15, 0.2) is 72.8 Å². The lowest BCUT2D eigenvalue weighted by Crippen LogP contribution is -2.42. The van der Waals surface area contributed by atoms with Crippen molar-refractivity contribution in [3.05, 3.63) is 89.5 Å². The smallest absolute Gasteiger partial charge is 0.338 e. The van der Waals surface area contributed by atoms with Crippen LogP contribution >= 0.6 is 11.8 Å². The average molecular weight is 599 g/mol. The molecular weight excluding hydrogens is 560 g/mol. The van der Waals surface area contributed by atoms with Gasteiger partial charge in [-0.2, -0.15) is 16.6 Å². The van der Waals surface area contributed by atoms with Crippen molar-refractivity contribution in [2.24, 2.45) is 0 Å². The lowest BCUT2D eigenvalue weighted by atomic mass is 9.93. The number of thioether (sulfide) groups is 1. The zero-order valence-electron chi connectivity index (χ0n) is 24.0. The van der Waals surface area contributed by atoms with Crippen molar-refractivity contribution < 1.29 is 27.8 Å². The van der Waals surface area contributed by atoms with Gasteiger partial charge in [0.2, 0.25) is 10.0 Å². The molecule has 8 nitrogen and oxygen atoms in total. The Morgan fingerprint density at radius 3 is 2.37 bits per heavy atom. The number of carbonyl (C=O) groups is 2. The van der Waals surface area contributed by atoms with E-state index in [1.807, 2.05) is 68.6 Å². The third-order valence-electron chi connectivity index (χ3n) is 6.59. The minimum atomic E-state index is -3.60. The van der Waals surface area contributed by atoms with E-state index in [4.69, 9.17) is 4.89 Å². The number of anilines is 1. The van der Waals surface area contributed by atoms with E-state index in [0.717, 1.165) is 23.1 Å². The summed E-state index contributed by atoms with van der Waals surface area (Å²) in [6.07, 6.45) is 3.60. The summed E-state index contributed by atoms with van der Waals surface area (Å²) in [7, 11) is -2.36. The van der Waals surface area contributed by atoms with Gasteiger partial charge in [0.1, 0.15) is 6.04 Å². The first-order chi connectivity index (χ1) is 19.7. The summed E-state index contributed by atoms with van der Waals surface area (Å²) in [5.74, 6) is -0.447. The molecule has 10 heteroatoms. The molecule has 1 amide bonds. The molecule has 0 bridgehead atoms. The largest absolute Gasteiger partial charge is 0.364 e. The number of hydrogen-bond donors (Lipinski definition) is 1. The molecule has 220 valence electrons. The Balaban J connectivity index is 2.05. The molecule has 0 aliphatic carbocycles. The summed E-state index contributed by atoms with van der Waals surface area (Å²) in [6.45, 7) is 4.01. The number of benzene rings is 3. The Labute approximate surface area is 247 Å². The van der Waals surface area contributed by atoms with E-state index in [-0.39, 0.29) is 12.3 Å². The topological polar surface area (TPSA) is 102 Å². The van der Waals surface area contributed by atoms with E-state index in [0.29, 0.717) is 35.4 Å². The summed E-state index contributed by atoms with van der Waals surface area (Å²) < 4.78 is 28.2. The number of amides is 1. The van der Waals surface area contributed by atoms with Gasteiger partial charge in [-0.15, -0.1) is 0 Å². The van der Waals surface area contributed by atoms with Crippen molar-refractivity contribution in [3.63, 3.8) is 0 Å². The van der Waals surface area contributed by atoms with Crippen LogP contribution in [0.2, 0.25) is 0 Å². The number of sulfonamides is 1. The second kappa shape index (κ2) is 15.6. The number of aryl methyl sites for hydroxylation is 1. The first-order valence-electron chi connectivity index (χ1n) is 13.5. The molecule has 0 saturated heterocycles. The minimum Gasteiger partial charge on any atom is -0.338 e. The van der Waals surface area contributed by atoms with Gasteiger partial charge in [0, 0.05) is 5.56 Å². The number of nitrogens with zero attached hydrogens (tertiary/aromatic N) is 1. The van der Waals surface area contributed by atoms with E-state index in [1.54, 1.807) is 36.0 Å². The summed E-state index contributed by atoms with van der Waals surface area (Å²) in [4.78, 5) is 35.3. The van der Waals surface area contributed by atoms with Gasteiger partial charge in [0.15, 0.2) is 0 Å². The fraction of sp³-hybridized carbons (Fsp3) is 0.355. The molecule has 41 heavy (non-hydrogen) atoms. The first kappa shape index (κ1) is 32.2. The highest BCUT2D eigenvalue weighted by atomic mass is 32.2.